The Hall–Kier alpha value is -3.95. The lowest BCUT2D eigenvalue weighted by molar-refractivity contribution is -0.0129. The number of aliphatic hydroxyl groups is 2. The lowest BCUT2D eigenvalue weighted by Gasteiger charge is -2.35. The number of rotatable bonds is 3. The Morgan fingerprint density at radius 3 is 2.15 bits per heavy atom. The molecule has 2 aliphatic heterocycles. The molecule has 5 rings (SSSR count). The Kier molecular flexibility index (Phi) is 4.99. The minimum Gasteiger partial charge on any atom is -0.508 e. The molecular formula is C24H20O9. The van der Waals surface area contributed by atoms with Gasteiger partial charge in [0.25, 0.3) is 0 Å². The molecule has 0 aliphatic carbocycles. The summed E-state index contributed by atoms with van der Waals surface area (Å²) in [6.07, 6.45) is -4.09. The third kappa shape index (κ3) is 3.57. The maximum absolute atomic E-state index is 12.7. The fraction of sp³-hybridized carbons (Fsp3) is 0.208. The molecule has 33 heavy (non-hydrogen) atoms. The van der Waals surface area contributed by atoms with E-state index < -0.39 is 35.9 Å². The molecule has 4 atom stereocenters. The molecule has 0 aromatic heterocycles. The number of ketones is 1. The van der Waals surface area contributed by atoms with Gasteiger partial charge in [-0.2, -0.15) is 0 Å². The number of hydrogen-bond acceptors (Lipinski definition) is 9. The van der Waals surface area contributed by atoms with E-state index in [-0.39, 0.29) is 29.4 Å². The zero-order valence-corrected chi connectivity index (χ0v) is 17.1. The highest BCUT2D eigenvalue weighted by Crippen LogP contribution is 2.45. The van der Waals surface area contributed by atoms with Crippen molar-refractivity contribution in [3.63, 3.8) is 0 Å². The molecule has 0 fully saturated rings. The summed E-state index contributed by atoms with van der Waals surface area (Å²) in [4.78, 5) is 12.7. The molecule has 0 bridgehead atoms. The molecule has 0 saturated carbocycles. The zero-order valence-electron chi connectivity index (χ0n) is 17.1. The summed E-state index contributed by atoms with van der Waals surface area (Å²) >= 11 is 0. The van der Waals surface area contributed by atoms with Gasteiger partial charge in [0.1, 0.15) is 28.6 Å². The second kappa shape index (κ2) is 7.88. The average Bonchev–Trinajstić information content (AvgIpc) is 2.80. The van der Waals surface area contributed by atoms with E-state index in [9.17, 15) is 30.3 Å². The predicted molar refractivity (Wildman–Crippen MR) is 113 cm³/mol. The Balaban J connectivity index is 1.49. The van der Waals surface area contributed by atoms with Crippen LogP contribution in [0.1, 0.15) is 33.7 Å². The Morgan fingerprint density at radius 2 is 1.42 bits per heavy atom. The molecule has 2 aliphatic rings. The number of phenolic OH excluding ortho intramolecular Hbond substituents is 3. The summed E-state index contributed by atoms with van der Waals surface area (Å²) in [5.74, 6) is -0.807. The molecule has 0 saturated heterocycles. The van der Waals surface area contributed by atoms with Crippen molar-refractivity contribution in [2.45, 2.75) is 24.4 Å². The summed E-state index contributed by atoms with van der Waals surface area (Å²) in [5.41, 5.74) is 0.873. The minimum atomic E-state index is -1.60. The predicted octanol–water partition coefficient (Wildman–Crippen LogP) is 2.35. The summed E-state index contributed by atoms with van der Waals surface area (Å²) in [6, 6.07) is 13.2. The van der Waals surface area contributed by atoms with Crippen molar-refractivity contribution in [3.05, 3.63) is 71.3 Å². The number of fused-ring (bicyclic) bond motifs is 2. The second-order valence-corrected chi connectivity index (χ2v) is 7.86. The fourth-order valence-electron chi connectivity index (χ4n) is 4.07. The normalized spacial score (nSPS) is 23.5. The first-order valence-corrected chi connectivity index (χ1v) is 10.2. The van der Waals surface area contributed by atoms with Crippen LogP contribution in [0, 0.1) is 0 Å². The number of hydrogen-bond donors (Lipinski definition) is 5. The Bertz CT molecular complexity index is 1220. The molecule has 0 spiro atoms. The molecule has 3 aromatic rings. The van der Waals surface area contributed by atoms with Crippen LogP contribution in [0.4, 0.5) is 0 Å². The van der Waals surface area contributed by atoms with Gasteiger partial charge in [-0.15, -0.1) is 0 Å². The van der Waals surface area contributed by atoms with E-state index in [4.69, 9.17) is 14.2 Å². The van der Waals surface area contributed by atoms with E-state index in [2.05, 4.69) is 0 Å². The van der Waals surface area contributed by atoms with E-state index in [1.807, 2.05) is 0 Å². The highest BCUT2D eigenvalue weighted by molar-refractivity contribution is 6.05. The monoisotopic (exact) mass is 452 g/mol. The minimum absolute atomic E-state index is 0.0509. The number of phenols is 3. The van der Waals surface area contributed by atoms with Crippen LogP contribution in [-0.2, 0) is 0 Å². The van der Waals surface area contributed by atoms with Crippen LogP contribution in [0.2, 0.25) is 0 Å². The largest absolute Gasteiger partial charge is 0.508 e. The molecular weight excluding hydrogens is 432 g/mol. The molecule has 2 unspecified atom stereocenters. The van der Waals surface area contributed by atoms with Gasteiger partial charge in [0.2, 0.25) is 5.78 Å². The molecule has 2 heterocycles. The van der Waals surface area contributed by atoms with E-state index >= 15 is 0 Å². The van der Waals surface area contributed by atoms with E-state index in [0.717, 1.165) is 6.07 Å². The lowest BCUT2D eigenvalue weighted by atomic mass is 9.92. The summed E-state index contributed by atoms with van der Waals surface area (Å²) in [5, 5.41) is 49.7. The Morgan fingerprint density at radius 1 is 0.727 bits per heavy atom. The van der Waals surface area contributed by atoms with Crippen molar-refractivity contribution in [1.82, 2.24) is 0 Å². The van der Waals surface area contributed by atoms with Crippen molar-refractivity contribution >= 4 is 5.78 Å². The van der Waals surface area contributed by atoms with Gasteiger partial charge in [0.05, 0.1) is 6.61 Å². The zero-order chi connectivity index (χ0) is 23.3. The van der Waals surface area contributed by atoms with Crippen LogP contribution in [-0.4, -0.2) is 50.1 Å². The molecule has 9 heteroatoms. The van der Waals surface area contributed by atoms with Crippen molar-refractivity contribution in [1.29, 1.82) is 0 Å². The van der Waals surface area contributed by atoms with E-state index in [0.29, 0.717) is 22.6 Å². The first-order valence-electron chi connectivity index (χ1n) is 10.2. The summed E-state index contributed by atoms with van der Waals surface area (Å²) in [6.45, 7) is -0.310. The highest BCUT2D eigenvalue weighted by Gasteiger charge is 2.40. The molecule has 0 amide bonds. The third-order valence-corrected chi connectivity index (χ3v) is 5.69. The van der Waals surface area contributed by atoms with Crippen LogP contribution in [0.15, 0.2) is 54.6 Å². The quantitative estimate of drug-likeness (QED) is 0.404. The molecule has 0 radical (unpaired) electrons. The van der Waals surface area contributed by atoms with Crippen LogP contribution < -0.4 is 14.2 Å². The van der Waals surface area contributed by atoms with E-state index in [1.54, 1.807) is 30.3 Å². The standard InChI is InChI=1S/C24H20O9/c25-10-19-23(11-1-4-13(26)5-2-11)32-17-7-12(3-6-16(17)31-19)24-22(30)21(29)20-15(28)8-14(27)9-18(20)33-24/h1-9,19,22-28,30H,10H2/t19?,22-,23?,24+/m0/s1. The molecule has 170 valence electrons. The number of ether oxygens (including phenoxy) is 3. The second-order valence-electron chi connectivity index (χ2n) is 7.86. The summed E-state index contributed by atoms with van der Waals surface area (Å²) in [7, 11) is 0. The van der Waals surface area contributed by atoms with Gasteiger partial charge in [0.15, 0.2) is 35.9 Å². The van der Waals surface area contributed by atoms with Gasteiger partial charge in [-0.05, 0) is 35.4 Å². The molecule has 5 N–H and O–H groups in total. The molecule has 9 nitrogen and oxygen atoms in total. The van der Waals surface area contributed by atoms with Crippen molar-refractivity contribution < 1.29 is 44.5 Å². The topological polar surface area (TPSA) is 146 Å². The van der Waals surface area contributed by atoms with Gasteiger partial charge >= 0.3 is 0 Å². The SMILES string of the molecule is O=C1c2c(O)cc(O)cc2O[C@H](c2ccc3c(c2)OC(c2ccc(O)cc2)C(CO)O3)[C@H]1O. The van der Waals surface area contributed by atoms with Gasteiger partial charge in [-0.1, -0.05) is 18.2 Å². The average molecular weight is 452 g/mol. The van der Waals surface area contributed by atoms with Crippen molar-refractivity contribution in [2.75, 3.05) is 6.61 Å². The molecule has 3 aromatic carbocycles. The fourth-order valence-corrected chi connectivity index (χ4v) is 4.07. The number of aliphatic hydroxyl groups excluding tert-OH is 2. The lowest BCUT2D eigenvalue weighted by Crippen LogP contribution is -2.37. The third-order valence-electron chi connectivity index (χ3n) is 5.69. The van der Waals surface area contributed by atoms with Gasteiger partial charge in [-0.3, -0.25) is 4.79 Å². The first kappa shape index (κ1) is 20.9. The van der Waals surface area contributed by atoms with Crippen LogP contribution in [0.3, 0.4) is 0 Å². The number of Topliss-reactive ketones (excluding diaryl/α,β-unsaturated/α-hetero) is 1. The first-order chi connectivity index (χ1) is 15.9. The van der Waals surface area contributed by atoms with Crippen LogP contribution in [0.5, 0.6) is 34.5 Å². The summed E-state index contributed by atoms with van der Waals surface area (Å²) < 4.78 is 17.7. The van der Waals surface area contributed by atoms with Gasteiger partial charge in [0, 0.05) is 12.1 Å². The van der Waals surface area contributed by atoms with Gasteiger partial charge < -0.3 is 39.7 Å². The number of aromatic hydroxyl groups is 3. The number of carbonyl (C=O) groups excluding carboxylic acids is 1. The van der Waals surface area contributed by atoms with Gasteiger partial charge in [-0.25, -0.2) is 0 Å². The highest BCUT2D eigenvalue weighted by atomic mass is 16.6. The number of carbonyl (C=O) groups is 1. The number of benzene rings is 3. The maximum atomic E-state index is 12.7. The van der Waals surface area contributed by atoms with Crippen LogP contribution >= 0.6 is 0 Å². The van der Waals surface area contributed by atoms with Crippen molar-refractivity contribution in [2.24, 2.45) is 0 Å². The Labute approximate surface area is 187 Å². The van der Waals surface area contributed by atoms with E-state index in [1.165, 1.54) is 18.2 Å². The van der Waals surface area contributed by atoms with Crippen molar-refractivity contribution in [3.8, 4) is 34.5 Å². The maximum Gasteiger partial charge on any atom is 0.202 e. The van der Waals surface area contributed by atoms with Crippen LogP contribution in [0.25, 0.3) is 0 Å². The smallest absolute Gasteiger partial charge is 0.202 e.